The van der Waals surface area contributed by atoms with Crippen LogP contribution in [0.15, 0.2) is 35.1 Å². The average molecular weight is 287 g/mol. The number of carbonyl (C=O) groups is 1. The van der Waals surface area contributed by atoms with E-state index in [2.05, 4.69) is 10.2 Å². The fourth-order valence-corrected chi connectivity index (χ4v) is 2.37. The molecule has 1 amide bonds. The summed E-state index contributed by atoms with van der Waals surface area (Å²) >= 11 is 0. The number of hydrogen-bond donors (Lipinski definition) is 0. The van der Waals surface area contributed by atoms with Gasteiger partial charge in [-0.05, 0) is 43.5 Å². The fraction of sp³-hybridized carbons (Fsp3) is 0.400. The van der Waals surface area contributed by atoms with Crippen molar-refractivity contribution in [2.75, 3.05) is 19.7 Å². The number of rotatable bonds is 4. The van der Waals surface area contributed by atoms with Crippen molar-refractivity contribution in [3.8, 4) is 17.2 Å². The van der Waals surface area contributed by atoms with E-state index >= 15 is 0 Å². The van der Waals surface area contributed by atoms with E-state index in [4.69, 9.17) is 9.15 Å². The lowest BCUT2D eigenvalue weighted by molar-refractivity contribution is -0.134. The smallest absolute Gasteiger partial charge is 0.260 e. The second-order valence-corrected chi connectivity index (χ2v) is 5.00. The van der Waals surface area contributed by atoms with Crippen molar-refractivity contribution in [3.63, 3.8) is 0 Å². The molecule has 1 aliphatic rings. The van der Waals surface area contributed by atoms with Gasteiger partial charge in [0.05, 0.1) is 0 Å². The van der Waals surface area contributed by atoms with Gasteiger partial charge in [-0.3, -0.25) is 4.79 Å². The van der Waals surface area contributed by atoms with Crippen LogP contribution in [-0.4, -0.2) is 40.7 Å². The fourth-order valence-electron chi connectivity index (χ4n) is 2.37. The molecule has 6 heteroatoms. The first-order chi connectivity index (χ1) is 10.3. The van der Waals surface area contributed by atoms with Crippen molar-refractivity contribution in [2.45, 2.75) is 19.3 Å². The Morgan fingerprint density at radius 2 is 1.95 bits per heavy atom. The van der Waals surface area contributed by atoms with Gasteiger partial charge in [0, 0.05) is 18.7 Å². The molecular weight excluding hydrogens is 270 g/mol. The minimum absolute atomic E-state index is 0.0516. The molecule has 1 saturated heterocycles. The van der Waals surface area contributed by atoms with E-state index in [1.54, 1.807) is 12.1 Å². The Labute approximate surface area is 122 Å². The van der Waals surface area contributed by atoms with Crippen LogP contribution in [0.4, 0.5) is 0 Å². The molecule has 6 nitrogen and oxygen atoms in total. The SMILES string of the molecule is O=C(COc1ccc(-c2nnco2)cc1)N1CCCCC1. The van der Waals surface area contributed by atoms with E-state index in [1.165, 1.54) is 12.8 Å². The van der Waals surface area contributed by atoms with Crippen LogP contribution in [0.5, 0.6) is 5.75 Å². The molecule has 0 unspecified atom stereocenters. The molecule has 0 N–H and O–H groups in total. The molecule has 2 heterocycles. The van der Waals surface area contributed by atoms with Crippen LogP contribution >= 0.6 is 0 Å². The summed E-state index contributed by atoms with van der Waals surface area (Å²) in [6, 6.07) is 7.24. The van der Waals surface area contributed by atoms with Gasteiger partial charge in [-0.1, -0.05) is 0 Å². The number of carbonyl (C=O) groups excluding carboxylic acids is 1. The first-order valence-electron chi connectivity index (χ1n) is 7.10. The summed E-state index contributed by atoms with van der Waals surface area (Å²) < 4.78 is 10.6. The molecule has 1 fully saturated rings. The van der Waals surface area contributed by atoms with Gasteiger partial charge >= 0.3 is 0 Å². The number of hydrogen-bond acceptors (Lipinski definition) is 5. The zero-order valence-electron chi connectivity index (χ0n) is 11.7. The van der Waals surface area contributed by atoms with Crippen LogP contribution in [0, 0.1) is 0 Å². The topological polar surface area (TPSA) is 68.5 Å². The van der Waals surface area contributed by atoms with Crippen LogP contribution in [0.1, 0.15) is 19.3 Å². The molecule has 2 aromatic rings. The number of ether oxygens (including phenoxy) is 1. The maximum atomic E-state index is 12.0. The first kappa shape index (κ1) is 13.6. The molecule has 0 spiro atoms. The predicted octanol–water partition coefficient (Wildman–Crippen LogP) is 2.13. The first-order valence-corrected chi connectivity index (χ1v) is 7.10. The third-order valence-electron chi connectivity index (χ3n) is 3.53. The molecule has 0 atom stereocenters. The third kappa shape index (κ3) is 3.39. The Morgan fingerprint density at radius 3 is 2.62 bits per heavy atom. The quantitative estimate of drug-likeness (QED) is 0.861. The second-order valence-electron chi connectivity index (χ2n) is 5.00. The standard InChI is InChI=1S/C15H17N3O3/c19-14(18-8-2-1-3-9-18)10-20-13-6-4-12(5-7-13)15-17-16-11-21-15/h4-7,11H,1-3,8-10H2. The van der Waals surface area contributed by atoms with Gasteiger partial charge in [-0.15, -0.1) is 10.2 Å². The number of likely N-dealkylation sites (tertiary alicyclic amines) is 1. The summed E-state index contributed by atoms with van der Waals surface area (Å²) in [5.74, 6) is 1.17. The lowest BCUT2D eigenvalue weighted by Gasteiger charge is -2.26. The van der Waals surface area contributed by atoms with E-state index in [1.807, 2.05) is 17.0 Å². The summed E-state index contributed by atoms with van der Waals surface area (Å²) in [6.07, 6.45) is 4.67. The maximum absolute atomic E-state index is 12.0. The normalized spacial score (nSPS) is 15.0. The molecule has 1 aromatic heterocycles. The monoisotopic (exact) mass is 287 g/mol. The third-order valence-corrected chi connectivity index (χ3v) is 3.53. The Hall–Kier alpha value is -2.37. The van der Waals surface area contributed by atoms with Crippen molar-refractivity contribution < 1.29 is 13.9 Å². The number of piperidine rings is 1. The Balaban J connectivity index is 1.54. The molecular formula is C15H17N3O3. The number of aromatic nitrogens is 2. The van der Waals surface area contributed by atoms with Crippen LogP contribution in [0.2, 0.25) is 0 Å². The van der Waals surface area contributed by atoms with Crippen molar-refractivity contribution in [2.24, 2.45) is 0 Å². The minimum Gasteiger partial charge on any atom is -0.484 e. The van der Waals surface area contributed by atoms with E-state index in [-0.39, 0.29) is 12.5 Å². The second kappa shape index (κ2) is 6.39. The molecule has 0 saturated carbocycles. The highest BCUT2D eigenvalue weighted by molar-refractivity contribution is 5.77. The zero-order chi connectivity index (χ0) is 14.5. The van der Waals surface area contributed by atoms with Gasteiger partial charge in [0.1, 0.15) is 5.75 Å². The highest BCUT2D eigenvalue weighted by Gasteiger charge is 2.16. The van der Waals surface area contributed by atoms with E-state index < -0.39 is 0 Å². The predicted molar refractivity (Wildman–Crippen MR) is 75.7 cm³/mol. The van der Waals surface area contributed by atoms with E-state index in [0.717, 1.165) is 31.5 Å². The van der Waals surface area contributed by atoms with Gasteiger partial charge in [0.25, 0.3) is 5.91 Å². The average Bonchev–Trinajstić information content (AvgIpc) is 3.08. The molecule has 0 radical (unpaired) electrons. The number of amides is 1. The van der Waals surface area contributed by atoms with Crippen LogP contribution < -0.4 is 4.74 Å². The lowest BCUT2D eigenvalue weighted by atomic mass is 10.1. The van der Waals surface area contributed by atoms with Gasteiger partial charge in [-0.2, -0.15) is 0 Å². The van der Waals surface area contributed by atoms with Crippen LogP contribution in [-0.2, 0) is 4.79 Å². The summed E-state index contributed by atoms with van der Waals surface area (Å²) in [7, 11) is 0. The Bertz CT molecular complexity index is 575. The van der Waals surface area contributed by atoms with Gasteiger partial charge in [0.2, 0.25) is 12.3 Å². The van der Waals surface area contributed by atoms with Gasteiger partial charge < -0.3 is 14.1 Å². The largest absolute Gasteiger partial charge is 0.484 e. The highest BCUT2D eigenvalue weighted by atomic mass is 16.5. The highest BCUT2D eigenvalue weighted by Crippen LogP contribution is 2.20. The number of benzene rings is 1. The molecule has 21 heavy (non-hydrogen) atoms. The van der Waals surface area contributed by atoms with Crippen LogP contribution in [0.3, 0.4) is 0 Å². The summed E-state index contributed by atoms with van der Waals surface area (Å²) in [5, 5.41) is 7.47. The van der Waals surface area contributed by atoms with Crippen LogP contribution in [0.25, 0.3) is 11.5 Å². The van der Waals surface area contributed by atoms with Crippen molar-refractivity contribution in [3.05, 3.63) is 30.7 Å². The van der Waals surface area contributed by atoms with Gasteiger partial charge in [0.15, 0.2) is 6.61 Å². The van der Waals surface area contributed by atoms with E-state index in [9.17, 15) is 4.79 Å². The van der Waals surface area contributed by atoms with E-state index in [0.29, 0.717) is 11.6 Å². The Morgan fingerprint density at radius 1 is 1.19 bits per heavy atom. The maximum Gasteiger partial charge on any atom is 0.260 e. The summed E-state index contributed by atoms with van der Waals surface area (Å²) in [6.45, 7) is 1.77. The molecule has 110 valence electrons. The lowest BCUT2D eigenvalue weighted by Crippen LogP contribution is -2.38. The minimum atomic E-state index is 0.0516. The molecule has 1 aromatic carbocycles. The number of nitrogens with zero attached hydrogens (tertiary/aromatic N) is 3. The molecule has 1 aliphatic heterocycles. The van der Waals surface area contributed by atoms with Crippen molar-refractivity contribution >= 4 is 5.91 Å². The molecule has 0 bridgehead atoms. The zero-order valence-corrected chi connectivity index (χ0v) is 11.7. The van der Waals surface area contributed by atoms with Gasteiger partial charge in [-0.25, -0.2) is 0 Å². The Kier molecular flexibility index (Phi) is 4.14. The van der Waals surface area contributed by atoms with Crippen molar-refractivity contribution in [1.82, 2.24) is 15.1 Å². The summed E-state index contributed by atoms with van der Waals surface area (Å²) in [4.78, 5) is 13.9. The molecule has 3 rings (SSSR count). The summed E-state index contributed by atoms with van der Waals surface area (Å²) in [5.41, 5.74) is 0.821. The van der Waals surface area contributed by atoms with Crippen molar-refractivity contribution in [1.29, 1.82) is 0 Å². The molecule has 0 aliphatic carbocycles.